The fourth-order valence-corrected chi connectivity index (χ4v) is 2.81. The van der Waals surface area contributed by atoms with Crippen LogP contribution in [0.5, 0.6) is 0 Å². The second-order valence-corrected chi connectivity index (χ2v) is 5.86. The summed E-state index contributed by atoms with van der Waals surface area (Å²) >= 11 is 0. The van der Waals surface area contributed by atoms with Gasteiger partial charge in [0.25, 0.3) is 0 Å². The molecule has 1 heterocycles. The Morgan fingerprint density at radius 3 is 2.70 bits per heavy atom. The number of hydrogen-bond donors (Lipinski definition) is 1. The molecule has 1 aliphatic heterocycles. The van der Waals surface area contributed by atoms with Gasteiger partial charge in [0.05, 0.1) is 12.2 Å². The molecule has 112 valence electrons. The van der Waals surface area contributed by atoms with E-state index in [-0.39, 0.29) is 0 Å². The minimum Gasteiger partial charge on any atom is -0.387 e. The smallest absolute Gasteiger partial charge is 0.0916 e. The van der Waals surface area contributed by atoms with Gasteiger partial charge in [0.15, 0.2) is 0 Å². The molecule has 0 aromatic heterocycles. The Bertz CT molecular complexity index is 384. The Hall–Kier alpha value is -0.900. The Labute approximate surface area is 122 Å². The van der Waals surface area contributed by atoms with Crippen molar-refractivity contribution >= 4 is 0 Å². The molecule has 20 heavy (non-hydrogen) atoms. The Morgan fingerprint density at radius 2 is 2.10 bits per heavy atom. The number of rotatable bonds is 7. The zero-order chi connectivity index (χ0) is 14.4. The summed E-state index contributed by atoms with van der Waals surface area (Å²) < 4.78 is 5.63. The number of hydrogen-bond acceptors (Lipinski definition) is 3. The number of ether oxygens (including phenoxy) is 1. The highest BCUT2D eigenvalue weighted by Gasteiger charge is 2.19. The van der Waals surface area contributed by atoms with E-state index in [1.54, 1.807) is 0 Å². The predicted molar refractivity (Wildman–Crippen MR) is 81.9 cm³/mol. The molecular weight excluding hydrogens is 250 g/mol. The molecule has 3 nitrogen and oxygen atoms in total. The van der Waals surface area contributed by atoms with Crippen LogP contribution >= 0.6 is 0 Å². The number of benzene rings is 1. The summed E-state index contributed by atoms with van der Waals surface area (Å²) in [5, 5.41) is 10.3. The van der Waals surface area contributed by atoms with E-state index in [4.69, 9.17) is 4.74 Å². The minimum atomic E-state index is -0.419. The Morgan fingerprint density at radius 1 is 1.35 bits per heavy atom. The van der Waals surface area contributed by atoms with Crippen molar-refractivity contribution in [2.24, 2.45) is 0 Å². The molecule has 2 unspecified atom stereocenters. The van der Waals surface area contributed by atoms with Crippen molar-refractivity contribution in [1.29, 1.82) is 0 Å². The van der Waals surface area contributed by atoms with Crippen LogP contribution in [0.2, 0.25) is 0 Å². The average Bonchev–Trinajstić information content (AvgIpc) is 2.92. The summed E-state index contributed by atoms with van der Waals surface area (Å²) in [4.78, 5) is 2.17. The Kier molecular flexibility index (Phi) is 6.02. The van der Waals surface area contributed by atoms with Gasteiger partial charge in [0.2, 0.25) is 0 Å². The molecular formula is C17H27NO2. The molecule has 0 bridgehead atoms. The first-order valence-electron chi connectivity index (χ1n) is 7.76. The molecule has 0 amide bonds. The van der Waals surface area contributed by atoms with Gasteiger partial charge in [-0.25, -0.2) is 0 Å². The monoisotopic (exact) mass is 277 g/mol. The molecule has 0 aliphatic carbocycles. The number of aliphatic hydroxyl groups is 1. The number of aliphatic hydroxyl groups excluding tert-OH is 1. The zero-order valence-electron chi connectivity index (χ0n) is 12.7. The molecule has 0 saturated carbocycles. The molecule has 0 spiro atoms. The van der Waals surface area contributed by atoms with Crippen molar-refractivity contribution in [3.8, 4) is 0 Å². The second-order valence-electron chi connectivity index (χ2n) is 5.86. The van der Waals surface area contributed by atoms with E-state index in [2.05, 4.69) is 43.1 Å². The molecule has 1 aromatic carbocycles. The number of aryl methyl sites for hydroxylation is 1. The van der Waals surface area contributed by atoms with E-state index in [0.717, 1.165) is 38.0 Å². The maximum atomic E-state index is 10.3. The van der Waals surface area contributed by atoms with Crippen LogP contribution in [-0.2, 0) is 11.2 Å². The van der Waals surface area contributed by atoms with Gasteiger partial charge in [0.1, 0.15) is 0 Å². The second kappa shape index (κ2) is 7.77. The van der Waals surface area contributed by atoms with E-state index >= 15 is 0 Å². The zero-order valence-corrected chi connectivity index (χ0v) is 12.7. The lowest BCUT2D eigenvalue weighted by atomic mass is 10.0. The van der Waals surface area contributed by atoms with Gasteiger partial charge in [0, 0.05) is 19.7 Å². The summed E-state index contributed by atoms with van der Waals surface area (Å²) in [5.41, 5.74) is 2.35. The standard InChI is InChI=1S/C17H27NO2/c1-3-5-14-7-9-15(10-8-14)17(19)13-18(2)12-16-6-4-11-20-16/h7-10,16-17,19H,3-6,11-13H2,1-2H3. The van der Waals surface area contributed by atoms with Gasteiger partial charge < -0.3 is 14.7 Å². The van der Waals surface area contributed by atoms with Gasteiger partial charge in [-0.2, -0.15) is 0 Å². The summed E-state index contributed by atoms with van der Waals surface area (Å²) in [7, 11) is 2.05. The van der Waals surface area contributed by atoms with Crippen molar-refractivity contribution in [3.63, 3.8) is 0 Å². The van der Waals surface area contributed by atoms with Crippen molar-refractivity contribution in [2.75, 3.05) is 26.7 Å². The van der Waals surface area contributed by atoms with E-state index in [9.17, 15) is 5.11 Å². The summed E-state index contributed by atoms with van der Waals surface area (Å²) in [5.74, 6) is 0. The number of likely N-dealkylation sites (N-methyl/N-ethyl adjacent to an activating group) is 1. The maximum Gasteiger partial charge on any atom is 0.0916 e. The third kappa shape index (κ3) is 4.58. The highest BCUT2D eigenvalue weighted by molar-refractivity contribution is 5.24. The SMILES string of the molecule is CCCc1ccc(C(O)CN(C)CC2CCCO2)cc1. The topological polar surface area (TPSA) is 32.7 Å². The van der Waals surface area contributed by atoms with Gasteiger partial charge in [-0.15, -0.1) is 0 Å². The van der Waals surface area contributed by atoms with Crippen LogP contribution in [0.25, 0.3) is 0 Å². The molecule has 0 radical (unpaired) electrons. The van der Waals surface area contributed by atoms with Gasteiger partial charge >= 0.3 is 0 Å². The van der Waals surface area contributed by atoms with Gasteiger partial charge in [-0.1, -0.05) is 37.6 Å². The maximum absolute atomic E-state index is 10.3. The van der Waals surface area contributed by atoms with Gasteiger partial charge in [-0.05, 0) is 37.4 Å². The van der Waals surface area contributed by atoms with Crippen LogP contribution in [-0.4, -0.2) is 42.9 Å². The molecule has 1 N–H and O–H groups in total. The lowest BCUT2D eigenvalue weighted by Crippen LogP contribution is -2.32. The highest BCUT2D eigenvalue weighted by Crippen LogP contribution is 2.17. The van der Waals surface area contributed by atoms with Crippen LogP contribution in [0, 0.1) is 0 Å². The van der Waals surface area contributed by atoms with Crippen LogP contribution < -0.4 is 0 Å². The quantitative estimate of drug-likeness (QED) is 0.832. The molecule has 1 saturated heterocycles. The van der Waals surface area contributed by atoms with E-state index < -0.39 is 6.10 Å². The molecule has 3 heteroatoms. The van der Waals surface area contributed by atoms with Crippen molar-refractivity contribution < 1.29 is 9.84 Å². The Balaban J connectivity index is 1.81. The minimum absolute atomic E-state index is 0.346. The summed E-state index contributed by atoms with van der Waals surface area (Å²) in [6.07, 6.45) is 4.50. The highest BCUT2D eigenvalue weighted by atomic mass is 16.5. The third-order valence-electron chi connectivity index (χ3n) is 3.93. The van der Waals surface area contributed by atoms with E-state index in [1.165, 1.54) is 12.0 Å². The van der Waals surface area contributed by atoms with E-state index in [0.29, 0.717) is 12.6 Å². The normalized spacial score (nSPS) is 20.5. The first-order valence-corrected chi connectivity index (χ1v) is 7.76. The first-order chi connectivity index (χ1) is 9.69. The average molecular weight is 277 g/mol. The van der Waals surface area contributed by atoms with Gasteiger partial charge in [-0.3, -0.25) is 0 Å². The fraction of sp³-hybridized carbons (Fsp3) is 0.647. The van der Waals surface area contributed by atoms with Crippen molar-refractivity contribution in [2.45, 2.75) is 44.8 Å². The predicted octanol–water partition coefficient (Wildman–Crippen LogP) is 2.78. The van der Waals surface area contributed by atoms with E-state index in [1.807, 2.05) is 0 Å². The molecule has 1 aliphatic rings. The first kappa shape index (κ1) is 15.5. The number of nitrogens with zero attached hydrogens (tertiary/aromatic N) is 1. The molecule has 1 aromatic rings. The summed E-state index contributed by atoms with van der Waals surface area (Å²) in [6.45, 7) is 4.64. The van der Waals surface area contributed by atoms with Crippen LogP contribution in [0.3, 0.4) is 0 Å². The molecule has 2 atom stereocenters. The van der Waals surface area contributed by atoms with Crippen LogP contribution in [0.4, 0.5) is 0 Å². The van der Waals surface area contributed by atoms with Crippen molar-refractivity contribution in [3.05, 3.63) is 35.4 Å². The molecule has 1 fully saturated rings. The van der Waals surface area contributed by atoms with Crippen LogP contribution in [0.15, 0.2) is 24.3 Å². The lowest BCUT2D eigenvalue weighted by molar-refractivity contribution is 0.0602. The summed E-state index contributed by atoms with van der Waals surface area (Å²) in [6, 6.07) is 8.36. The largest absolute Gasteiger partial charge is 0.387 e. The third-order valence-corrected chi connectivity index (χ3v) is 3.93. The lowest BCUT2D eigenvalue weighted by Gasteiger charge is -2.23. The van der Waals surface area contributed by atoms with Crippen LogP contribution in [0.1, 0.15) is 43.4 Å². The molecule has 2 rings (SSSR count). The fourth-order valence-electron chi connectivity index (χ4n) is 2.81. The van der Waals surface area contributed by atoms with Crippen molar-refractivity contribution in [1.82, 2.24) is 4.90 Å².